The molecule has 0 atom stereocenters. The Morgan fingerprint density at radius 2 is 1.89 bits per heavy atom. The largest absolute Gasteiger partial charge is 0.466 e. The zero-order chi connectivity index (χ0) is 19.9. The van der Waals surface area contributed by atoms with E-state index in [1.165, 1.54) is 11.0 Å². The lowest BCUT2D eigenvalue weighted by molar-refractivity contribution is -0.143. The van der Waals surface area contributed by atoms with Gasteiger partial charge < -0.3 is 14.1 Å². The summed E-state index contributed by atoms with van der Waals surface area (Å²) in [5.41, 5.74) is 0.463. The Labute approximate surface area is 161 Å². The molecule has 0 radical (unpaired) electrons. The van der Waals surface area contributed by atoms with E-state index < -0.39 is 17.5 Å². The number of carbonyl (C=O) groups excluding carboxylic acids is 2. The molecule has 3 rings (SSSR count). The van der Waals surface area contributed by atoms with Gasteiger partial charge in [0.25, 0.3) is 5.91 Å². The van der Waals surface area contributed by atoms with Gasteiger partial charge in [0, 0.05) is 30.9 Å². The molecule has 3 aromatic rings. The summed E-state index contributed by atoms with van der Waals surface area (Å²) < 4.78 is 10.2. The number of para-hydroxylation sites is 1. The Kier molecular flexibility index (Phi) is 6.16. The number of hydrogen-bond acceptors (Lipinski definition) is 6. The maximum Gasteiger partial charge on any atom is 0.349 e. The van der Waals surface area contributed by atoms with Gasteiger partial charge in [-0.2, -0.15) is 0 Å². The molecule has 0 aliphatic rings. The minimum Gasteiger partial charge on any atom is -0.466 e. The first kappa shape index (κ1) is 19.3. The van der Waals surface area contributed by atoms with Crippen molar-refractivity contribution in [1.82, 2.24) is 9.88 Å². The molecular formula is C21H20N2O5. The highest BCUT2D eigenvalue weighted by Crippen LogP contribution is 2.15. The average molecular weight is 380 g/mol. The second-order valence-electron chi connectivity index (χ2n) is 6.12. The molecule has 0 spiro atoms. The molecule has 1 amide bonds. The van der Waals surface area contributed by atoms with Gasteiger partial charge in [-0.1, -0.05) is 18.2 Å². The number of carbonyl (C=O) groups is 2. The molecule has 7 nitrogen and oxygen atoms in total. The summed E-state index contributed by atoms with van der Waals surface area (Å²) in [5, 5.41) is 0.653. The van der Waals surface area contributed by atoms with Crippen molar-refractivity contribution >= 4 is 22.8 Å². The smallest absolute Gasteiger partial charge is 0.349 e. The molecule has 28 heavy (non-hydrogen) atoms. The quantitative estimate of drug-likeness (QED) is 0.462. The average Bonchev–Trinajstić information content (AvgIpc) is 2.71. The number of nitrogens with zero attached hydrogens (tertiary/aromatic N) is 2. The Morgan fingerprint density at radius 3 is 2.64 bits per heavy atom. The first-order chi connectivity index (χ1) is 13.6. The third-order valence-corrected chi connectivity index (χ3v) is 4.17. The monoisotopic (exact) mass is 380 g/mol. The molecule has 7 heteroatoms. The third-order valence-electron chi connectivity index (χ3n) is 4.17. The Hall–Kier alpha value is -3.48. The van der Waals surface area contributed by atoms with E-state index in [1.54, 1.807) is 55.7 Å². The number of aromatic nitrogens is 1. The van der Waals surface area contributed by atoms with Crippen LogP contribution in [-0.2, 0) is 16.1 Å². The van der Waals surface area contributed by atoms with Gasteiger partial charge in [0.15, 0.2) is 0 Å². The SMILES string of the molecule is CCOC(=O)CCN(Cc1ccncc1)C(=O)c1cc2ccccc2oc1=O. The molecule has 0 aliphatic heterocycles. The summed E-state index contributed by atoms with van der Waals surface area (Å²) in [5.74, 6) is -0.902. The third kappa shape index (κ3) is 4.62. The molecule has 0 saturated carbocycles. The summed E-state index contributed by atoms with van der Waals surface area (Å²) in [6, 6.07) is 12.0. The number of fused-ring (bicyclic) bond motifs is 1. The first-order valence-corrected chi connectivity index (χ1v) is 8.95. The van der Waals surface area contributed by atoms with E-state index >= 15 is 0 Å². The highest BCUT2D eigenvalue weighted by molar-refractivity contribution is 5.96. The van der Waals surface area contributed by atoms with Crippen LogP contribution in [0.5, 0.6) is 0 Å². The van der Waals surface area contributed by atoms with Gasteiger partial charge in [0.2, 0.25) is 0 Å². The van der Waals surface area contributed by atoms with Crippen molar-refractivity contribution in [2.45, 2.75) is 19.9 Å². The molecule has 0 bridgehead atoms. The van der Waals surface area contributed by atoms with E-state index in [1.807, 2.05) is 0 Å². The summed E-state index contributed by atoms with van der Waals surface area (Å²) in [6.45, 7) is 2.34. The molecule has 0 fully saturated rings. The summed E-state index contributed by atoms with van der Waals surface area (Å²) in [4.78, 5) is 42.6. The van der Waals surface area contributed by atoms with E-state index in [9.17, 15) is 14.4 Å². The fraction of sp³-hybridized carbons (Fsp3) is 0.238. The second-order valence-corrected chi connectivity index (χ2v) is 6.12. The first-order valence-electron chi connectivity index (χ1n) is 8.95. The molecule has 1 aromatic carbocycles. The minimum absolute atomic E-state index is 0.0313. The van der Waals surface area contributed by atoms with Crippen molar-refractivity contribution in [3.63, 3.8) is 0 Å². The normalized spacial score (nSPS) is 10.6. The van der Waals surface area contributed by atoms with Gasteiger partial charge in [0.1, 0.15) is 11.1 Å². The van der Waals surface area contributed by atoms with Crippen molar-refractivity contribution in [1.29, 1.82) is 0 Å². The van der Waals surface area contributed by atoms with E-state index in [0.29, 0.717) is 11.0 Å². The number of ether oxygens (including phenoxy) is 1. The number of pyridine rings is 1. The van der Waals surface area contributed by atoms with Crippen LogP contribution in [0.15, 0.2) is 64.1 Å². The molecular weight excluding hydrogens is 360 g/mol. The van der Waals surface area contributed by atoms with E-state index in [2.05, 4.69) is 4.98 Å². The van der Waals surface area contributed by atoms with Gasteiger partial charge in [0.05, 0.1) is 13.0 Å². The molecule has 2 heterocycles. The zero-order valence-corrected chi connectivity index (χ0v) is 15.5. The standard InChI is InChI=1S/C21H20N2O5/c1-2-27-19(24)9-12-23(14-15-7-10-22-11-8-15)20(25)17-13-16-5-3-4-6-18(16)28-21(17)26/h3-8,10-11,13H,2,9,12,14H2,1H3. The van der Waals surface area contributed by atoms with Crippen LogP contribution in [0.2, 0.25) is 0 Å². The summed E-state index contributed by atoms with van der Waals surface area (Å²) in [7, 11) is 0. The maximum absolute atomic E-state index is 13.1. The van der Waals surface area contributed by atoms with Crippen LogP contribution in [-0.4, -0.2) is 34.9 Å². The van der Waals surface area contributed by atoms with Crippen LogP contribution in [0.1, 0.15) is 29.3 Å². The Bertz CT molecular complexity index is 1030. The van der Waals surface area contributed by atoms with Crippen LogP contribution in [0, 0.1) is 0 Å². The number of esters is 1. The van der Waals surface area contributed by atoms with Crippen molar-refractivity contribution < 1.29 is 18.7 Å². The van der Waals surface area contributed by atoms with Crippen molar-refractivity contribution in [2.24, 2.45) is 0 Å². The van der Waals surface area contributed by atoms with Crippen LogP contribution in [0.3, 0.4) is 0 Å². The molecule has 2 aromatic heterocycles. The minimum atomic E-state index is -0.709. The van der Waals surface area contributed by atoms with Crippen LogP contribution >= 0.6 is 0 Å². The van der Waals surface area contributed by atoms with Crippen LogP contribution in [0.25, 0.3) is 11.0 Å². The Balaban J connectivity index is 1.89. The van der Waals surface area contributed by atoms with Crippen molar-refractivity contribution in [2.75, 3.05) is 13.2 Å². The summed E-state index contributed by atoms with van der Waals surface area (Å²) in [6.07, 6.45) is 3.27. The molecule has 0 unspecified atom stereocenters. The summed E-state index contributed by atoms with van der Waals surface area (Å²) >= 11 is 0. The molecule has 0 saturated heterocycles. The lowest BCUT2D eigenvalue weighted by Gasteiger charge is -2.22. The number of hydrogen-bond donors (Lipinski definition) is 0. The highest BCUT2D eigenvalue weighted by Gasteiger charge is 2.22. The fourth-order valence-electron chi connectivity index (χ4n) is 2.80. The van der Waals surface area contributed by atoms with Gasteiger partial charge in [-0.25, -0.2) is 4.79 Å². The fourth-order valence-corrected chi connectivity index (χ4v) is 2.80. The van der Waals surface area contributed by atoms with Crippen LogP contribution < -0.4 is 5.63 Å². The number of rotatable bonds is 7. The topological polar surface area (TPSA) is 89.7 Å². The van der Waals surface area contributed by atoms with E-state index in [4.69, 9.17) is 9.15 Å². The Morgan fingerprint density at radius 1 is 1.14 bits per heavy atom. The van der Waals surface area contributed by atoms with Crippen LogP contribution in [0.4, 0.5) is 0 Å². The van der Waals surface area contributed by atoms with Crippen molar-refractivity contribution in [3.05, 3.63) is 76.4 Å². The van der Waals surface area contributed by atoms with Crippen molar-refractivity contribution in [3.8, 4) is 0 Å². The van der Waals surface area contributed by atoms with E-state index in [0.717, 1.165) is 5.56 Å². The lowest BCUT2D eigenvalue weighted by atomic mass is 10.1. The van der Waals surface area contributed by atoms with Gasteiger partial charge in [-0.3, -0.25) is 14.6 Å². The highest BCUT2D eigenvalue weighted by atomic mass is 16.5. The van der Waals surface area contributed by atoms with Gasteiger partial charge in [-0.15, -0.1) is 0 Å². The molecule has 0 N–H and O–H groups in total. The van der Waals surface area contributed by atoms with Gasteiger partial charge in [-0.05, 0) is 36.8 Å². The zero-order valence-electron chi connectivity index (χ0n) is 15.5. The molecule has 144 valence electrons. The molecule has 0 aliphatic carbocycles. The number of amides is 1. The van der Waals surface area contributed by atoms with Gasteiger partial charge >= 0.3 is 11.6 Å². The second kappa shape index (κ2) is 8.94. The number of benzene rings is 1. The maximum atomic E-state index is 13.1. The predicted octanol–water partition coefficient (Wildman–Crippen LogP) is 2.78. The lowest BCUT2D eigenvalue weighted by Crippen LogP contribution is -2.35. The van der Waals surface area contributed by atoms with E-state index in [-0.39, 0.29) is 31.7 Å². The predicted molar refractivity (Wildman–Crippen MR) is 103 cm³/mol.